The Balaban J connectivity index is 1.66. The Morgan fingerprint density at radius 1 is 1.00 bits per heavy atom. The molecule has 0 fully saturated rings. The van der Waals surface area contributed by atoms with Crippen molar-refractivity contribution in [1.82, 2.24) is 5.43 Å². The molecule has 0 aromatic heterocycles. The molecule has 1 N–H and O–H groups in total. The highest BCUT2D eigenvalue weighted by molar-refractivity contribution is 5.90. The zero-order valence-electron chi connectivity index (χ0n) is 14.7. The van der Waals surface area contributed by atoms with E-state index in [1.54, 1.807) is 32.6 Å². The molecule has 0 heterocycles. The predicted octanol–water partition coefficient (Wildman–Crippen LogP) is 3.55. The Morgan fingerprint density at radius 2 is 1.77 bits per heavy atom. The third-order valence-corrected chi connectivity index (χ3v) is 4.04. The average molecular weight is 348 g/mol. The predicted molar refractivity (Wildman–Crippen MR) is 103 cm³/mol. The van der Waals surface area contributed by atoms with Crippen molar-refractivity contribution < 1.29 is 14.3 Å². The van der Waals surface area contributed by atoms with Gasteiger partial charge in [-0.1, -0.05) is 42.5 Å². The lowest BCUT2D eigenvalue weighted by molar-refractivity contribution is -0.120. The van der Waals surface area contributed by atoms with Gasteiger partial charge in [-0.3, -0.25) is 4.79 Å². The van der Waals surface area contributed by atoms with Crippen LogP contribution in [0.1, 0.15) is 11.1 Å². The second kappa shape index (κ2) is 8.16. The summed E-state index contributed by atoms with van der Waals surface area (Å²) in [4.78, 5) is 12.2. The summed E-state index contributed by atoms with van der Waals surface area (Å²) in [5.41, 5.74) is 4.34. The van der Waals surface area contributed by atoms with Gasteiger partial charge in [0.1, 0.15) is 0 Å². The van der Waals surface area contributed by atoms with E-state index >= 15 is 0 Å². The van der Waals surface area contributed by atoms with Gasteiger partial charge in [0.05, 0.1) is 26.9 Å². The number of rotatable bonds is 6. The minimum Gasteiger partial charge on any atom is -0.493 e. The largest absolute Gasteiger partial charge is 0.493 e. The first-order valence-electron chi connectivity index (χ1n) is 8.22. The molecule has 0 saturated heterocycles. The number of nitrogens with one attached hydrogen (secondary N) is 1. The maximum Gasteiger partial charge on any atom is 0.244 e. The van der Waals surface area contributed by atoms with E-state index in [2.05, 4.69) is 10.5 Å². The number of hydrogen-bond acceptors (Lipinski definition) is 4. The molecule has 26 heavy (non-hydrogen) atoms. The van der Waals surface area contributed by atoms with Gasteiger partial charge in [-0.15, -0.1) is 0 Å². The van der Waals surface area contributed by atoms with E-state index < -0.39 is 0 Å². The zero-order valence-corrected chi connectivity index (χ0v) is 14.7. The molecule has 3 rings (SSSR count). The Kier molecular flexibility index (Phi) is 5.49. The van der Waals surface area contributed by atoms with Gasteiger partial charge < -0.3 is 9.47 Å². The summed E-state index contributed by atoms with van der Waals surface area (Å²) in [5, 5.41) is 6.22. The topological polar surface area (TPSA) is 59.9 Å². The van der Waals surface area contributed by atoms with Gasteiger partial charge in [0.15, 0.2) is 11.5 Å². The molecular weight excluding hydrogens is 328 g/mol. The number of amides is 1. The zero-order chi connectivity index (χ0) is 18.4. The van der Waals surface area contributed by atoms with Crippen LogP contribution >= 0.6 is 0 Å². The van der Waals surface area contributed by atoms with Crippen LogP contribution in [0.15, 0.2) is 65.8 Å². The van der Waals surface area contributed by atoms with Crippen LogP contribution in [-0.4, -0.2) is 26.3 Å². The number of carbonyl (C=O) groups excluding carboxylic acids is 1. The molecule has 1 amide bonds. The van der Waals surface area contributed by atoms with Gasteiger partial charge in [-0.2, -0.15) is 5.10 Å². The van der Waals surface area contributed by atoms with Crippen molar-refractivity contribution in [1.29, 1.82) is 0 Å². The third kappa shape index (κ3) is 4.00. The summed E-state index contributed by atoms with van der Waals surface area (Å²) in [6, 6.07) is 19.4. The fourth-order valence-corrected chi connectivity index (χ4v) is 2.77. The van der Waals surface area contributed by atoms with E-state index in [-0.39, 0.29) is 12.3 Å². The molecule has 132 valence electrons. The van der Waals surface area contributed by atoms with E-state index in [0.717, 1.165) is 21.9 Å². The van der Waals surface area contributed by atoms with Crippen molar-refractivity contribution in [2.24, 2.45) is 5.10 Å². The number of methoxy groups -OCH3 is 2. The average Bonchev–Trinajstić information content (AvgIpc) is 2.68. The first kappa shape index (κ1) is 17.5. The molecule has 0 radical (unpaired) electrons. The van der Waals surface area contributed by atoms with Crippen LogP contribution in [0, 0.1) is 0 Å². The number of fused-ring (bicyclic) bond motifs is 1. The first-order valence-corrected chi connectivity index (χ1v) is 8.22. The second-order valence-electron chi connectivity index (χ2n) is 5.72. The number of nitrogens with zero attached hydrogens (tertiary/aromatic N) is 1. The minimum atomic E-state index is -0.168. The summed E-state index contributed by atoms with van der Waals surface area (Å²) in [6.07, 6.45) is 1.84. The van der Waals surface area contributed by atoms with Crippen molar-refractivity contribution in [3.63, 3.8) is 0 Å². The Bertz CT molecular complexity index is 946. The summed E-state index contributed by atoms with van der Waals surface area (Å²) < 4.78 is 10.4. The van der Waals surface area contributed by atoms with Crippen LogP contribution < -0.4 is 14.9 Å². The molecule has 0 aliphatic rings. The molecule has 0 atom stereocenters. The lowest BCUT2D eigenvalue weighted by Crippen LogP contribution is -2.19. The molecule has 0 aliphatic heterocycles. The lowest BCUT2D eigenvalue weighted by atomic mass is 10.0. The maximum atomic E-state index is 12.2. The fraction of sp³-hybridized carbons (Fsp3) is 0.143. The molecular formula is C21H20N2O3. The normalized spacial score (nSPS) is 10.8. The van der Waals surface area contributed by atoms with E-state index in [4.69, 9.17) is 9.47 Å². The number of benzene rings is 3. The van der Waals surface area contributed by atoms with E-state index in [1.165, 1.54) is 0 Å². The molecule has 0 unspecified atom stereocenters. The van der Waals surface area contributed by atoms with Crippen molar-refractivity contribution >= 4 is 22.9 Å². The van der Waals surface area contributed by atoms with Gasteiger partial charge in [0.25, 0.3) is 0 Å². The van der Waals surface area contributed by atoms with E-state index in [1.807, 2.05) is 48.5 Å². The fourth-order valence-electron chi connectivity index (χ4n) is 2.77. The van der Waals surface area contributed by atoms with Gasteiger partial charge >= 0.3 is 0 Å². The molecule has 3 aromatic carbocycles. The number of hydrogen-bond donors (Lipinski definition) is 1. The van der Waals surface area contributed by atoms with Crippen LogP contribution in [0.5, 0.6) is 11.5 Å². The van der Waals surface area contributed by atoms with E-state index in [0.29, 0.717) is 11.5 Å². The van der Waals surface area contributed by atoms with Crippen molar-refractivity contribution in [2.45, 2.75) is 6.42 Å². The van der Waals surface area contributed by atoms with Gasteiger partial charge in [-0.25, -0.2) is 5.43 Å². The summed E-state index contributed by atoms with van der Waals surface area (Å²) in [7, 11) is 3.16. The standard InChI is InChI=1S/C21H20N2O3/c1-25-19-11-10-15(12-20(19)26-2)14-22-23-21(24)13-17-8-5-7-16-6-3-4-9-18(16)17/h3-12,14H,13H2,1-2H3,(H,23,24)/b22-14+. The first-order chi connectivity index (χ1) is 12.7. The van der Waals surface area contributed by atoms with Crippen LogP contribution in [0.3, 0.4) is 0 Å². The highest BCUT2D eigenvalue weighted by atomic mass is 16.5. The number of hydrazone groups is 1. The molecule has 5 nitrogen and oxygen atoms in total. The molecule has 5 heteroatoms. The second-order valence-corrected chi connectivity index (χ2v) is 5.72. The monoisotopic (exact) mass is 348 g/mol. The molecule has 0 bridgehead atoms. The van der Waals surface area contributed by atoms with Gasteiger partial charge in [0.2, 0.25) is 5.91 Å². The minimum absolute atomic E-state index is 0.168. The van der Waals surface area contributed by atoms with Crippen LogP contribution in [0.4, 0.5) is 0 Å². The van der Waals surface area contributed by atoms with Crippen LogP contribution in [-0.2, 0) is 11.2 Å². The number of carbonyl (C=O) groups is 1. The van der Waals surface area contributed by atoms with Crippen molar-refractivity contribution in [2.75, 3.05) is 14.2 Å². The van der Waals surface area contributed by atoms with Crippen molar-refractivity contribution in [3.05, 3.63) is 71.8 Å². The van der Waals surface area contributed by atoms with Crippen LogP contribution in [0.2, 0.25) is 0 Å². The van der Waals surface area contributed by atoms with Gasteiger partial charge in [0, 0.05) is 0 Å². The maximum absolute atomic E-state index is 12.2. The molecule has 0 saturated carbocycles. The molecule has 3 aromatic rings. The Labute approximate surface area is 152 Å². The smallest absolute Gasteiger partial charge is 0.244 e. The van der Waals surface area contributed by atoms with E-state index in [9.17, 15) is 4.79 Å². The third-order valence-electron chi connectivity index (χ3n) is 4.04. The summed E-state index contributed by atoms with van der Waals surface area (Å²) >= 11 is 0. The molecule has 0 aliphatic carbocycles. The van der Waals surface area contributed by atoms with Gasteiger partial charge in [-0.05, 0) is 40.1 Å². The summed E-state index contributed by atoms with van der Waals surface area (Å²) in [6.45, 7) is 0. The summed E-state index contributed by atoms with van der Waals surface area (Å²) in [5.74, 6) is 1.08. The highest BCUT2D eigenvalue weighted by Crippen LogP contribution is 2.26. The van der Waals surface area contributed by atoms with Crippen LogP contribution in [0.25, 0.3) is 10.8 Å². The molecule has 0 spiro atoms. The lowest BCUT2D eigenvalue weighted by Gasteiger charge is -2.07. The Hall–Kier alpha value is -3.34. The van der Waals surface area contributed by atoms with Crippen molar-refractivity contribution in [3.8, 4) is 11.5 Å². The SMILES string of the molecule is COc1ccc(/C=N/NC(=O)Cc2cccc3ccccc23)cc1OC. The quantitative estimate of drug-likeness (QED) is 0.547. The Morgan fingerprint density at radius 3 is 2.58 bits per heavy atom. The number of ether oxygens (including phenoxy) is 2. The highest BCUT2D eigenvalue weighted by Gasteiger charge is 2.06.